The Morgan fingerprint density at radius 2 is 1.23 bits per heavy atom. The Kier molecular flexibility index (Phi) is 11.8. The van der Waals surface area contributed by atoms with Gasteiger partial charge in [0, 0.05) is 16.7 Å². The molecule has 13 heavy (non-hydrogen) atoms. The fraction of sp³-hybridized carbons (Fsp3) is 0.909. The van der Waals surface area contributed by atoms with Crippen molar-refractivity contribution >= 4 is 16.5 Å². The topological polar surface area (TPSA) is 17.1 Å². The Bertz CT molecular complexity index is 104. The van der Waals surface area contributed by atoms with Gasteiger partial charge in [-0.15, -0.1) is 0 Å². The van der Waals surface area contributed by atoms with Gasteiger partial charge in [0.1, 0.15) is 6.29 Å². The van der Waals surface area contributed by atoms with Gasteiger partial charge < -0.3 is 4.79 Å². The van der Waals surface area contributed by atoms with Crippen molar-refractivity contribution < 1.29 is 4.79 Å². The highest BCUT2D eigenvalue weighted by molar-refractivity contribution is 6.08. The van der Waals surface area contributed by atoms with Gasteiger partial charge in [0.05, 0.1) is 0 Å². The van der Waals surface area contributed by atoms with Crippen molar-refractivity contribution in [1.82, 2.24) is 0 Å². The van der Waals surface area contributed by atoms with E-state index in [1.54, 1.807) is 0 Å². The first kappa shape index (κ1) is 12.9. The van der Waals surface area contributed by atoms with Crippen LogP contribution in [-0.4, -0.2) is 16.5 Å². The van der Waals surface area contributed by atoms with Crippen LogP contribution in [0.2, 0.25) is 6.04 Å². The van der Waals surface area contributed by atoms with Gasteiger partial charge in [0.2, 0.25) is 0 Å². The molecule has 1 nitrogen and oxygen atoms in total. The normalized spacial score (nSPS) is 10.5. The second-order valence-corrected chi connectivity index (χ2v) is 4.78. The molecule has 0 fully saturated rings. The monoisotopic (exact) mass is 200 g/mol. The first-order valence-corrected chi connectivity index (χ1v) is 7.27. The minimum atomic E-state index is 0.764. The zero-order valence-electron chi connectivity index (χ0n) is 9.06. The molecule has 0 unspecified atom stereocenters. The van der Waals surface area contributed by atoms with E-state index < -0.39 is 0 Å². The van der Waals surface area contributed by atoms with Gasteiger partial charge in [0.15, 0.2) is 0 Å². The van der Waals surface area contributed by atoms with Gasteiger partial charge in [-0.3, -0.25) is 0 Å². The van der Waals surface area contributed by atoms with Gasteiger partial charge in [0.25, 0.3) is 0 Å². The molecular formula is C11H24OSi. The van der Waals surface area contributed by atoms with E-state index in [-0.39, 0.29) is 0 Å². The summed E-state index contributed by atoms with van der Waals surface area (Å²) in [5.41, 5.74) is 0. The van der Waals surface area contributed by atoms with Gasteiger partial charge in [-0.25, -0.2) is 0 Å². The highest BCUT2D eigenvalue weighted by atomic mass is 28.1. The Morgan fingerprint density at radius 1 is 0.769 bits per heavy atom. The summed E-state index contributed by atoms with van der Waals surface area (Å²) < 4.78 is 0. The lowest BCUT2D eigenvalue weighted by molar-refractivity contribution is -0.107. The molecule has 0 bridgehead atoms. The first-order valence-electron chi connectivity index (χ1n) is 5.85. The van der Waals surface area contributed by atoms with Crippen LogP contribution in [0.25, 0.3) is 0 Å². The van der Waals surface area contributed by atoms with Crippen LogP contribution in [0.4, 0.5) is 0 Å². The Hall–Kier alpha value is -0.113. The summed E-state index contributed by atoms with van der Waals surface area (Å²) in [6.07, 6.45) is 12.6. The molecule has 0 aromatic heterocycles. The summed E-state index contributed by atoms with van der Waals surface area (Å²) in [5.74, 6) is 0. The van der Waals surface area contributed by atoms with E-state index in [0.717, 1.165) is 19.1 Å². The molecule has 78 valence electrons. The van der Waals surface area contributed by atoms with Crippen molar-refractivity contribution in [2.45, 2.75) is 63.8 Å². The standard InChI is InChI=1S/C11H24OSi/c12-10-8-6-4-2-1-3-5-7-9-11-13/h10H,1-9,11H2,13H3. The third kappa shape index (κ3) is 11.9. The maximum atomic E-state index is 10.0. The van der Waals surface area contributed by atoms with Crippen molar-refractivity contribution in [3.8, 4) is 0 Å². The summed E-state index contributed by atoms with van der Waals surface area (Å²) in [4.78, 5) is 10.0. The molecule has 0 aromatic carbocycles. The highest BCUT2D eigenvalue weighted by Crippen LogP contribution is 2.09. The van der Waals surface area contributed by atoms with Crippen LogP contribution in [0, 0.1) is 0 Å². The molecule has 0 amide bonds. The number of carbonyl (C=O) groups excluding carboxylic acids is 1. The van der Waals surface area contributed by atoms with E-state index in [0.29, 0.717) is 0 Å². The predicted octanol–water partition coefficient (Wildman–Crippen LogP) is 2.48. The lowest BCUT2D eigenvalue weighted by Gasteiger charge is -1.99. The van der Waals surface area contributed by atoms with Crippen molar-refractivity contribution in [2.75, 3.05) is 0 Å². The van der Waals surface area contributed by atoms with Gasteiger partial charge >= 0.3 is 0 Å². The van der Waals surface area contributed by atoms with E-state index in [4.69, 9.17) is 0 Å². The molecule has 0 aliphatic rings. The quantitative estimate of drug-likeness (QED) is 0.301. The molecule has 0 heterocycles. The van der Waals surface area contributed by atoms with E-state index in [1.807, 2.05) is 0 Å². The third-order valence-electron chi connectivity index (χ3n) is 2.43. The molecular weight excluding hydrogens is 176 g/mol. The Balaban J connectivity index is 2.79. The van der Waals surface area contributed by atoms with Gasteiger partial charge in [-0.1, -0.05) is 51.0 Å². The number of aldehydes is 1. The summed E-state index contributed by atoms with van der Waals surface area (Å²) in [7, 11) is 1.38. The molecule has 0 saturated carbocycles. The average molecular weight is 200 g/mol. The molecule has 0 radical (unpaired) electrons. The smallest absolute Gasteiger partial charge is 0.119 e. The van der Waals surface area contributed by atoms with Crippen molar-refractivity contribution in [3.05, 3.63) is 0 Å². The summed E-state index contributed by atoms with van der Waals surface area (Å²) in [5, 5.41) is 0. The van der Waals surface area contributed by atoms with Crippen LogP contribution in [0.15, 0.2) is 0 Å². The molecule has 0 N–H and O–H groups in total. The maximum absolute atomic E-state index is 10.0. The van der Waals surface area contributed by atoms with Crippen LogP contribution >= 0.6 is 0 Å². The number of rotatable bonds is 10. The fourth-order valence-electron chi connectivity index (χ4n) is 1.54. The fourth-order valence-corrected chi connectivity index (χ4v) is 2.04. The lowest BCUT2D eigenvalue weighted by Crippen LogP contribution is -1.82. The SMILES string of the molecule is O=CCCCCCCCCCC[SiH3]. The first-order chi connectivity index (χ1) is 6.41. The Labute approximate surface area is 85.7 Å². The minimum Gasteiger partial charge on any atom is -0.303 e. The van der Waals surface area contributed by atoms with Crippen molar-refractivity contribution in [3.63, 3.8) is 0 Å². The molecule has 0 atom stereocenters. The zero-order chi connectivity index (χ0) is 9.78. The molecule has 0 aliphatic carbocycles. The Morgan fingerprint density at radius 3 is 1.69 bits per heavy atom. The zero-order valence-corrected chi connectivity index (χ0v) is 11.1. The molecule has 0 rings (SSSR count). The summed E-state index contributed by atoms with van der Waals surface area (Å²) in [6, 6.07) is 1.47. The van der Waals surface area contributed by atoms with Gasteiger partial charge in [-0.05, 0) is 6.42 Å². The number of unbranched alkanes of at least 4 members (excludes halogenated alkanes) is 8. The average Bonchev–Trinajstić information content (AvgIpc) is 2.16. The molecule has 0 aromatic rings. The maximum Gasteiger partial charge on any atom is 0.119 e. The number of carbonyl (C=O) groups is 1. The minimum absolute atomic E-state index is 0.764. The molecule has 0 spiro atoms. The van der Waals surface area contributed by atoms with Crippen LogP contribution in [-0.2, 0) is 4.79 Å². The second-order valence-electron chi connectivity index (χ2n) is 3.78. The van der Waals surface area contributed by atoms with E-state index in [1.165, 1.54) is 61.2 Å². The lowest BCUT2D eigenvalue weighted by atomic mass is 10.1. The third-order valence-corrected chi connectivity index (χ3v) is 3.13. The van der Waals surface area contributed by atoms with Crippen molar-refractivity contribution in [2.24, 2.45) is 0 Å². The predicted molar refractivity (Wildman–Crippen MR) is 62.4 cm³/mol. The van der Waals surface area contributed by atoms with Crippen LogP contribution in [0.5, 0.6) is 0 Å². The highest BCUT2D eigenvalue weighted by Gasteiger charge is 1.91. The van der Waals surface area contributed by atoms with E-state index >= 15 is 0 Å². The van der Waals surface area contributed by atoms with Crippen LogP contribution in [0.1, 0.15) is 57.8 Å². The van der Waals surface area contributed by atoms with Gasteiger partial charge in [-0.2, -0.15) is 0 Å². The van der Waals surface area contributed by atoms with E-state index in [2.05, 4.69) is 0 Å². The van der Waals surface area contributed by atoms with Crippen LogP contribution in [0.3, 0.4) is 0 Å². The van der Waals surface area contributed by atoms with Crippen LogP contribution < -0.4 is 0 Å². The van der Waals surface area contributed by atoms with E-state index in [9.17, 15) is 4.79 Å². The number of hydrogen-bond acceptors (Lipinski definition) is 1. The number of hydrogen-bond donors (Lipinski definition) is 0. The largest absolute Gasteiger partial charge is 0.303 e. The summed E-state index contributed by atoms with van der Waals surface area (Å²) in [6.45, 7) is 0. The molecule has 0 aliphatic heterocycles. The molecule has 2 heteroatoms. The second kappa shape index (κ2) is 11.9. The summed E-state index contributed by atoms with van der Waals surface area (Å²) >= 11 is 0. The molecule has 0 saturated heterocycles. The van der Waals surface area contributed by atoms with Crippen molar-refractivity contribution in [1.29, 1.82) is 0 Å².